The van der Waals surface area contributed by atoms with Crippen molar-refractivity contribution in [1.29, 1.82) is 0 Å². The second-order valence-electron chi connectivity index (χ2n) is 7.40. The number of carbonyl (C=O) groups excluding carboxylic acids is 2. The third-order valence-corrected chi connectivity index (χ3v) is 7.55. The highest BCUT2D eigenvalue weighted by atomic mass is 80.0. The summed E-state index contributed by atoms with van der Waals surface area (Å²) >= 11 is 19.9. The van der Waals surface area contributed by atoms with Gasteiger partial charge in [0.15, 0.2) is 0 Å². The molecule has 156 valence electrons. The monoisotopic (exact) mass is 762 g/mol. The second kappa shape index (κ2) is 10.9. The third kappa shape index (κ3) is 8.11. The molecule has 27 heavy (non-hydrogen) atoms. The molecule has 0 atom stereocenters. The minimum absolute atomic E-state index is 0.0433. The van der Waals surface area contributed by atoms with Crippen LogP contribution in [-0.4, -0.2) is 52.1 Å². The minimum atomic E-state index is -0.825. The van der Waals surface area contributed by atoms with Gasteiger partial charge in [-0.15, -0.1) is 0 Å². The van der Waals surface area contributed by atoms with Gasteiger partial charge in [0.1, 0.15) is 0 Å². The van der Waals surface area contributed by atoms with Crippen LogP contribution in [0, 0.1) is 11.8 Å². The summed E-state index contributed by atoms with van der Waals surface area (Å²) in [5.74, 6) is 1.53. The van der Waals surface area contributed by atoms with E-state index in [1.54, 1.807) is 0 Å². The lowest BCUT2D eigenvalue weighted by Crippen LogP contribution is -2.44. The van der Waals surface area contributed by atoms with Crippen LogP contribution in [0.1, 0.15) is 44.9 Å². The number of carbonyl (C=O) groups is 2. The number of rotatable bonds is 4. The van der Waals surface area contributed by atoms with Crippen molar-refractivity contribution in [2.45, 2.75) is 49.2 Å². The molecule has 0 aliphatic carbocycles. The number of hydrogen-bond acceptors (Lipinski definition) is 2. The van der Waals surface area contributed by atoms with Crippen molar-refractivity contribution in [3.8, 4) is 0 Å². The van der Waals surface area contributed by atoms with Gasteiger partial charge in [-0.3, -0.25) is 9.59 Å². The average Bonchev–Trinajstić information content (AvgIpc) is 2.60. The summed E-state index contributed by atoms with van der Waals surface area (Å²) in [7, 11) is 0. The molecule has 0 aromatic heterocycles. The van der Waals surface area contributed by atoms with Crippen LogP contribution < -0.4 is 0 Å². The Morgan fingerprint density at radius 1 is 0.667 bits per heavy atom. The van der Waals surface area contributed by atoms with Gasteiger partial charge in [-0.25, -0.2) is 0 Å². The fourth-order valence-corrected chi connectivity index (χ4v) is 5.41. The summed E-state index contributed by atoms with van der Waals surface area (Å²) in [6, 6.07) is 0. The number of piperidine rings is 2. The molecule has 2 fully saturated rings. The summed E-state index contributed by atoms with van der Waals surface area (Å²) in [6.07, 6.45) is 8.09. The predicted octanol–water partition coefficient (Wildman–Crippen LogP) is 6.31. The highest BCUT2D eigenvalue weighted by Gasteiger charge is 2.36. The normalized spacial score (nSPS) is 20.8. The molecule has 0 bridgehead atoms. The van der Waals surface area contributed by atoms with E-state index in [4.69, 9.17) is 0 Å². The van der Waals surface area contributed by atoms with Crippen LogP contribution in [-0.2, 0) is 9.59 Å². The standard InChI is InChI=1S/C17H24Br6N2O2/c18-16(19,20)14(26)24-8-4-12(5-9-24)2-1-3-13-6-10-25(11-7-13)15(27)17(21,22)23/h12-13H,1-11H2. The molecular formula is C17H24Br6N2O2. The van der Waals surface area contributed by atoms with E-state index in [2.05, 4.69) is 95.6 Å². The molecule has 10 heteroatoms. The lowest BCUT2D eigenvalue weighted by atomic mass is 9.87. The maximum atomic E-state index is 12.2. The van der Waals surface area contributed by atoms with E-state index in [9.17, 15) is 9.59 Å². The summed E-state index contributed by atoms with van der Waals surface area (Å²) in [5.41, 5.74) is 0. The Bertz CT molecular complexity index is 472. The number of halogens is 6. The Balaban J connectivity index is 1.62. The lowest BCUT2D eigenvalue weighted by molar-refractivity contribution is -0.131. The van der Waals surface area contributed by atoms with Gasteiger partial charge in [-0.2, -0.15) is 0 Å². The van der Waals surface area contributed by atoms with E-state index in [0.717, 1.165) is 63.7 Å². The van der Waals surface area contributed by atoms with Crippen molar-refractivity contribution in [3.05, 3.63) is 0 Å². The first kappa shape index (κ1) is 25.1. The molecule has 2 amide bonds. The minimum Gasteiger partial charge on any atom is -0.340 e. The van der Waals surface area contributed by atoms with Crippen LogP contribution in [0.25, 0.3) is 0 Å². The molecule has 0 aromatic rings. The van der Waals surface area contributed by atoms with Crippen LogP contribution >= 0.6 is 95.6 Å². The van der Waals surface area contributed by atoms with Crippen molar-refractivity contribution >= 4 is 107 Å². The zero-order chi connectivity index (χ0) is 20.2. The smallest absolute Gasteiger partial charge is 0.261 e. The molecule has 0 spiro atoms. The number of alkyl halides is 6. The van der Waals surface area contributed by atoms with Gasteiger partial charge >= 0.3 is 0 Å². The molecule has 2 heterocycles. The molecule has 2 aliphatic rings. The quantitative estimate of drug-likeness (QED) is 0.315. The molecule has 0 unspecified atom stereocenters. The zero-order valence-corrected chi connectivity index (χ0v) is 24.4. The highest BCUT2D eigenvalue weighted by Crippen LogP contribution is 2.38. The van der Waals surface area contributed by atoms with Crippen molar-refractivity contribution in [2.24, 2.45) is 11.8 Å². The first-order chi connectivity index (χ1) is 12.5. The maximum Gasteiger partial charge on any atom is 0.261 e. The Labute approximate surface area is 212 Å². The van der Waals surface area contributed by atoms with Gasteiger partial charge in [-0.1, -0.05) is 19.3 Å². The first-order valence-electron chi connectivity index (χ1n) is 9.20. The molecule has 2 saturated heterocycles. The summed E-state index contributed by atoms with van der Waals surface area (Å²) in [4.78, 5) is 28.3. The van der Waals surface area contributed by atoms with Gasteiger partial charge in [0, 0.05) is 26.2 Å². The topological polar surface area (TPSA) is 40.6 Å². The van der Waals surface area contributed by atoms with E-state index in [1.807, 2.05) is 9.80 Å². The highest BCUT2D eigenvalue weighted by molar-refractivity contribution is 9.40. The Hall–Kier alpha value is 1.82. The van der Waals surface area contributed by atoms with Crippen LogP contribution in [0.15, 0.2) is 0 Å². The fraction of sp³-hybridized carbons (Fsp3) is 0.882. The van der Waals surface area contributed by atoms with Crippen molar-refractivity contribution < 1.29 is 9.59 Å². The third-order valence-electron chi connectivity index (χ3n) is 5.51. The maximum absolute atomic E-state index is 12.2. The van der Waals surface area contributed by atoms with Gasteiger partial charge in [-0.05, 0) is 133 Å². The molecule has 4 nitrogen and oxygen atoms in total. The largest absolute Gasteiger partial charge is 0.340 e. The summed E-state index contributed by atoms with van der Waals surface area (Å²) in [5, 5.41) is 0. The SMILES string of the molecule is O=C(N1CCC(CCCC2CCN(C(=O)C(Br)(Br)Br)CC2)CC1)C(Br)(Br)Br. The predicted molar refractivity (Wildman–Crippen MR) is 131 cm³/mol. The van der Waals surface area contributed by atoms with Crippen LogP contribution in [0.3, 0.4) is 0 Å². The molecule has 0 N–H and O–H groups in total. The van der Waals surface area contributed by atoms with Crippen molar-refractivity contribution in [1.82, 2.24) is 9.80 Å². The number of nitrogens with zero attached hydrogens (tertiary/aromatic N) is 2. The van der Waals surface area contributed by atoms with Gasteiger partial charge in [0.05, 0.1) is 0 Å². The lowest BCUT2D eigenvalue weighted by Gasteiger charge is -2.35. The zero-order valence-electron chi connectivity index (χ0n) is 14.9. The second-order valence-corrected chi connectivity index (χ2v) is 20.9. The Kier molecular flexibility index (Phi) is 10.1. The summed E-state index contributed by atoms with van der Waals surface area (Å²) < 4.78 is -1.65. The molecule has 2 aliphatic heterocycles. The molecular weight excluding hydrogens is 744 g/mol. The molecule has 2 rings (SSSR count). The van der Waals surface area contributed by atoms with Crippen LogP contribution in [0.4, 0.5) is 0 Å². The summed E-state index contributed by atoms with van der Waals surface area (Å²) in [6.45, 7) is 3.34. The molecule has 0 saturated carbocycles. The molecule has 0 radical (unpaired) electrons. The average molecular weight is 768 g/mol. The number of amides is 2. The van der Waals surface area contributed by atoms with E-state index in [1.165, 1.54) is 19.3 Å². The van der Waals surface area contributed by atoms with Gasteiger partial charge < -0.3 is 9.80 Å². The van der Waals surface area contributed by atoms with E-state index in [-0.39, 0.29) is 11.8 Å². The number of hydrogen-bond donors (Lipinski definition) is 0. The first-order valence-corrected chi connectivity index (χ1v) is 14.0. The van der Waals surface area contributed by atoms with E-state index >= 15 is 0 Å². The van der Waals surface area contributed by atoms with E-state index in [0.29, 0.717) is 0 Å². The van der Waals surface area contributed by atoms with Crippen LogP contribution in [0.2, 0.25) is 0 Å². The number of likely N-dealkylation sites (tertiary alicyclic amines) is 2. The van der Waals surface area contributed by atoms with Crippen molar-refractivity contribution in [3.63, 3.8) is 0 Å². The van der Waals surface area contributed by atoms with Gasteiger partial charge in [0.2, 0.25) is 4.29 Å². The van der Waals surface area contributed by atoms with Crippen LogP contribution in [0.5, 0.6) is 0 Å². The Morgan fingerprint density at radius 3 is 1.22 bits per heavy atom. The Morgan fingerprint density at radius 2 is 0.963 bits per heavy atom. The molecule has 0 aromatic carbocycles. The van der Waals surface area contributed by atoms with Crippen molar-refractivity contribution in [2.75, 3.05) is 26.2 Å². The van der Waals surface area contributed by atoms with E-state index < -0.39 is 4.29 Å². The van der Waals surface area contributed by atoms with Gasteiger partial charge in [0.25, 0.3) is 11.8 Å². The fourth-order valence-electron chi connectivity index (χ4n) is 3.90.